The molecule has 45 heavy (non-hydrogen) atoms. The zero-order chi connectivity index (χ0) is 31.8. The predicted octanol–water partition coefficient (Wildman–Crippen LogP) is 6.13. The van der Waals surface area contributed by atoms with Crippen LogP contribution in [-0.4, -0.2) is 72.6 Å². The first-order valence-electron chi connectivity index (χ1n) is 15.1. The molecular formula is C36H40N4O5. The van der Waals surface area contributed by atoms with Crippen molar-refractivity contribution in [3.05, 3.63) is 114 Å². The van der Waals surface area contributed by atoms with Gasteiger partial charge in [0.1, 0.15) is 17.6 Å². The predicted molar refractivity (Wildman–Crippen MR) is 174 cm³/mol. The number of para-hydroxylation sites is 2. The van der Waals surface area contributed by atoms with Crippen LogP contribution in [0, 0.1) is 5.92 Å². The summed E-state index contributed by atoms with van der Waals surface area (Å²) in [4.78, 5) is 35.1. The molecule has 1 N–H and O–H groups in total. The van der Waals surface area contributed by atoms with Crippen LogP contribution in [0.1, 0.15) is 40.1 Å². The Kier molecular flexibility index (Phi) is 10.4. The first-order chi connectivity index (χ1) is 21.8. The highest BCUT2D eigenvalue weighted by Gasteiger charge is 2.34. The summed E-state index contributed by atoms with van der Waals surface area (Å²) >= 11 is 0. The first kappa shape index (κ1) is 31.7. The molecule has 0 bridgehead atoms. The SMILES string of the molecule is COC[C@H](C)N1C[C@H](C)[C@@H](CN(C)Cc2ccc(Oc3ccccc3)cc2)Oc2c(NC(=O)c3ccncc3)cccc2C1=O. The number of nitrogens with one attached hydrogen (secondary N) is 1. The molecule has 3 atom stereocenters. The van der Waals surface area contributed by atoms with Gasteiger partial charge in [-0.15, -0.1) is 0 Å². The fraction of sp³-hybridized carbons (Fsp3) is 0.306. The molecule has 2 heterocycles. The number of anilines is 1. The van der Waals surface area contributed by atoms with Crippen molar-refractivity contribution in [2.75, 3.05) is 39.2 Å². The highest BCUT2D eigenvalue weighted by Crippen LogP contribution is 2.35. The molecule has 0 saturated carbocycles. The number of rotatable bonds is 11. The van der Waals surface area contributed by atoms with Gasteiger partial charge >= 0.3 is 0 Å². The van der Waals surface area contributed by atoms with Gasteiger partial charge in [0.25, 0.3) is 11.8 Å². The van der Waals surface area contributed by atoms with Crippen molar-refractivity contribution in [2.45, 2.75) is 32.5 Å². The number of carbonyl (C=O) groups excluding carboxylic acids is 2. The third-order valence-electron chi connectivity index (χ3n) is 7.87. The number of nitrogens with zero attached hydrogens (tertiary/aromatic N) is 3. The monoisotopic (exact) mass is 608 g/mol. The first-order valence-corrected chi connectivity index (χ1v) is 15.1. The van der Waals surface area contributed by atoms with Crippen molar-refractivity contribution < 1.29 is 23.8 Å². The molecule has 4 aromatic rings. The van der Waals surface area contributed by atoms with Gasteiger partial charge in [0.05, 0.1) is 23.9 Å². The van der Waals surface area contributed by atoms with E-state index in [1.54, 1.807) is 49.8 Å². The third kappa shape index (κ3) is 8.06. The summed E-state index contributed by atoms with van der Waals surface area (Å²) in [6, 6.07) is 26.2. The van der Waals surface area contributed by atoms with Gasteiger partial charge in [0.2, 0.25) is 0 Å². The number of benzene rings is 3. The molecule has 3 aromatic carbocycles. The molecule has 1 aliphatic heterocycles. The molecule has 0 saturated heterocycles. The average molecular weight is 609 g/mol. The summed E-state index contributed by atoms with van der Waals surface area (Å²) in [6.07, 6.45) is 2.85. The van der Waals surface area contributed by atoms with Crippen LogP contribution < -0.4 is 14.8 Å². The number of methoxy groups -OCH3 is 1. The van der Waals surface area contributed by atoms with Gasteiger partial charge in [-0.3, -0.25) is 19.5 Å². The smallest absolute Gasteiger partial charge is 0.258 e. The van der Waals surface area contributed by atoms with E-state index in [9.17, 15) is 9.59 Å². The van der Waals surface area contributed by atoms with E-state index in [-0.39, 0.29) is 29.9 Å². The number of pyridine rings is 1. The van der Waals surface area contributed by atoms with Gasteiger partial charge in [0, 0.05) is 50.6 Å². The van der Waals surface area contributed by atoms with E-state index in [1.165, 1.54) is 0 Å². The minimum atomic E-state index is -0.310. The number of likely N-dealkylation sites (N-methyl/N-ethyl adjacent to an activating group) is 1. The lowest BCUT2D eigenvalue weighted by Crippen LogP contribution is -2.50. The van der Waals surface area contributed by atoms with Gasteiger partial charge in [-0.1, -0.05) is 43.3 Å². The number of amides is 2. The number of carbonyl (C=O) groups is 2. The van der Waals surface area contributed by atoms with Crippen molar-refractivity contribution in [2.24, 2.45) is 5.92 Å². The molecule has 0 radical (unpaired) electrons. The molecule has 0 unspecified atom stereocenters. The molecule has 1 aliphatic rings. The Hall–Kier alpha value is -4.73. The van der Waals surface area contributed by atoms with Gasteiger partial charge in [-0.05, 0) is 68.1 Å². The van der Waals surface area contributed by atoms with Gasteiger partial charge in [-0.2, -0.15) is 0 Å². The molecule has 234 valence electrons. The molecular weight excluding hydrogens is 568 g/mol. The number of hydrogen-bond acceptors (Lipinski definition) is 7. The minimum Gasteiger partial charge on any atom is -0.486 e. The van der Waals surface area contributed by atoms with Crippen molar-refractivity contribution in [1.29, 1.82) is 0 Å². The summed E-state index contributed by atoms with van der Waals surface area (Å²) in [5.74, 6) is 1.45. The van der Waals surface area contributed by atoms with Gasteiger partial charge in [-0.25, -0.2) is 0 Å². The quantitative estimate of drug-likeness (QED) is 0.219. The summed E-state index contributed by atoms with van der Waals surface area (Å²) in [5.41, 5.74) is 2.43. The van der Waals surface area contributed by atoms with Gasteiger partial charge < -0.3 is 24.4 Å². The minimum absolute atomic E-state index is 0.0190. The molecule has 5 rings (SSSR count). The van der Waals surface area contributed by atoms with Crippen molar-refractivity contribution in [3.8, 4) is 17.2 Å². The molecule has 0 aliphatic carbocycles. The second-order valence-electron chi connectivity index (χ2n) is 11.5. The summed E-state index contributed by atoms with van der Waals surface area (Å²) in [6.45, 7) is 6.27. The molecule has 0 fully saturated rings. The second-order valence-corrected chi connectivity index (χ2v) is 11.5. The normalized spacial score (nSPS) is 17.1. The summed E-state index contributed by atoms with van der Waals surface area (Å²) in [7, 11) is 3.69. The zero-order valence-corrected chi connectivity index (χ0v) is 26.2. The Labute approximate surface area is 264 Å². The summed E-state index contributed by atoms with van der Waals surface area (Å²) < 4.78 is 18.1. The van der Waals surface area contributed by atoms with Crippen molar-refractivity contribution in [3.63, 3.8) is 0 Å². The van der Waals surface area contributed by atoms with Crippen LogP contribution in [0.25, 0.3) is 0 Å². The maximum Gasteiger partial charge on any atom is 0.258 e. The van der Waals surface area contributed by atoms with Gasteiger partial charge in [0.15, 0.2) is 5.75 Å². The van der Waals surface area contributed by atoms with E-state index in [2.05, 4.69) is 41.3 Å². The van der Waals surface area contributed by atoms with Crippen LogP contribution in [0.15, 0.2) is 97.3 Å². The zero-order valence-electron chi connectivity index (χ0n) is 26.2. The summed E-state index contributed by atoms with van der Waals surface area (Å²) in [5, 5.41) is 2.96. The topological polar surface area (TPSA) is 93.2 Å². The number of hydrogen-bond donors (Lipinski definition) is 1. The van der Waals surface area contributed by atoms with Crippen LogP contribution in [-0.2, 0) is 11.3 Å². The fourth-order valence-corrected chi connectivity index (χ4v) is 5.46. The largest absolute Gasteiger partial charge is 0.486 e. The van der Waals surface area contributed by atoms with Crippen LogP contribution in [0.3, 0.4) is 0 Å². The highest BCUT2D eigenvalue weighted by atomic mass is 16.5. The van der Waals surface area contributed by atoms with Crippen LogP contribution in [0.5, 0.6) is 17.2 Å². The molecule has 9 heteroatoms. The molecule has 2 amide bonds. The maximum absolute atomic E-state index is 13.9. The second kappa shape index (κ2) is 14.8. The van der Waals surface area contributed by atoms with Crippen LogP contribution in [0.2, 0.25) is 0 Å². The molecule has 1 aromatic heterocycles. The number of ether oxygens (including phenoxy) is 3. The Morgan fingerprint density at radius 2 is 1.73 bits per heavy atom. The number of fused-ring (bicyclic) bond motifs is 1. The Morgan fingerprint density at radius 1 is 1.02 bits per heavy atom. The van der Waals surface area contributed by atoms with Crippen LogP contribution in [0.4, 0.5) is 5.69 Å². The lowest BCUT2D eigenvalue weighted by atomic mass is 9.98. The van der Waals surface area contributed by atoms with E-state index < -0.39 is 0 Å². The maximum atomic E-state index is 13.9. The van der Waals surface area contributed by atoms with E-state index >= 15 is 0 Å². The van der Waals surface area contributed by atoms with Crippen molar-refractivity contribution in [1.82, 2.24) is 14.8 Å². The average Bonchev–Trinajstić information content (AvgIpc) is 3.05. The lowest BCUT2D eigenvalue weighted by Gasteiger charge is -2.39. The Morgan fingerprint density at radius 3 is 2.44 bits per heavy atom. The van der Waals surface area contributed by atoms with Crippen molar-refractivity contribution >= 4 is 17.5 Å². The fourth-order valence-electron chi connectivity index (χ4n) is 5.46. The van der Waals surface area contributed by atoms with E-state index in [1.807, 2.05) is 54.3 Å². The molecule has 0 spiro atoms. The number of aromatic nitrogens is 1. The van der Waals surface area contributed by atoms with E-state index in [0.29, 0.717) is 48.8 Å². The standard InChI is InChI=1S/C36H40N4O5/c1-25-21-40(26(2)24-43-4)36(42)31-11-8-12-32(38-35(41)28-17-19-37-20-18-28)34(31)45-33(25)23-39(3)22-27-13-15-30(16-14-27)44-29-9-6-5-7-10-29/h5-20,25-26,33H,21-24H2,1-4H3,(H,38,41)/t25-,26-,33+/m0/s1. The third-order valence-corrected chi connectivity index (χ3v) is 7.87. The highest BCUT2D eigenvalue weighted by molar-refractivity contribution is 6.07. The Bertz CT molecular complexity index is 1570. The lowest BCUT2D eigenvalue weighted by molar-refractivity contribution is 0.0299. The van der Waals surface area contributed by atoms with Crippen LogP contribution >= 0.6 is 0 Å². The van der Waals surface area contributed by atoms with E-state index in [4.69, 9.17) is 14.2 Å². The Balaban J connectivity index is 1.37. The van der Waals surface area contributed by atoms with E-state index in [0.717, 1.165) is 17.1 Å². The molecule has 9 nitrogen and oxygen atoms in total.